The fourth-order valence-corrected chi connectivity index (χ4v) is 2.57. The van der Waals surface area contributed by atoms with E-state index in [4.69, 9.17) is 38.4 Å². The predicted octanol–water partition coefficient (Wildman–Crippen LogP) is 3.68. The van der Waals surface area contributed by atoms with Crippen LogP contribution in [0.1, 0.15) is 19.4 Å². The molecule has 0 atom stereocenters. The molecular formula is C12H13Cl2NO2. The summed E-state index contributed by atoms with van der Waals surface area (Å²) in [5, 5.41) is 0.895. The largest absolute Gasteiger partial charge is 0.494 e. The molecule has 1 aromatic rings. The van der Waals surface area contributed by atoms with Crippen molar-refractivity contribution in [2.45, 2.75) is 19.4 Å². The van der Waals surface area contributed by atoms with E-state index in [1.54, 1.807) is 12.1 Å². The minimum Gasteiger partial charge on any atom is -0.494 e. The highest BCUT2D eigenvalue weighted by Crippen LogP contribution is 2.47. The van der Waals surface area contributed by atoms with Crippen molar-refractivity contribution >= 4 is 33.9 Å². The first-order valence-corrected chi connectivity index (χ1v) is 5.85. The third-order valence-electron chi connectivity index (χ3n) is 2.54. The van der Waals surface area contributed by atoms with E-state index in [0.29, 0.717) is 32.8 Å². The number of nitrogens with two attached hydrogens (primary N) is 1. The van der Waals surface area contributed by atoms with Crippen LogP contribution in [0.2, 0.25) is 5.02 Å². The monoisotopic (exact) mass is 273 g/mol. The van der Waals surface area contributed by atoms with Crippen LogP contribution in [0.25, 0.3) is 5.03 Å². The van der Waals surface area contributed by atoms with Gasteiger partial charge < -0.3 is 15.2 Å². The van der Waals surface area contributed by atoms with Crippen LogP contribution in [0.3, 0.4) is 0 Å². The molecule has 92 valence electrons. The van der Waals surface area contributed by atoms with Gasteiger partial charge in [0.05, 0.1) is 28.4 Å². The summed E-state index contributed by atoms with van der Waals surface area (Å²) in [5.41, 5.74) is 6.35. The van der Waals surface area contributed by atoms with Gasteiger partial charge in [0.2, 0.25) is 0 Å². The molecule has 0 aliphatic carbocycles. The Kier molecular flexibility index (Phi) is 2.92. The number of ether oxygens (including phenoxy) is 2. The molecule has 2 N–H and O–H groups in total. The van der Waals surface area contributed by atoms with Gasteiger partial charge in [0.25, 0.3) is 0 Å². The maximum Gasteiger partial charge on any atom is 0.147 e. The zero-order chi connectivity index (χ0) is 12.8. The van der Waals surface area contributed by atoms with E-state index in [2.05, 4.69) is 0 Å². The van der Waals surface area contributed by atoms with Crippen LogP contribution >= 0.6 is 23.2 Å². The molecular weight excluding hydrogens is 261 g/mol. The van der Waals surface area contributed by atoms with Crippen molar-refractivity contribution in [2.24, 2.45) is 0 Å². The van der Waals surface area contributed by atoms with E-state index < -0.39 is 5.60 Å². The van der Waals surface area contributed by atoms with E-state index >= 15 is 0 Å². The smallest absolute Gasteiger partial charge is 0.147 e. The van der Waals surface area contributed by atoms with E-state index in [9.17, 15) is 0 Å². The zero-order valence-electron chi connectivity index (χ0n) is 9.80. The van der Waals surface area contributed by atoms with Crippen LogP contribution in [0.4, 0.5) is 5.69 Å². The Bertz CT molecular complexity index is 510. The predicted molar refractivity (Wildman–Crippen MR) is 71.0 cm³/mol. The van der Waals surface area contributed by atoms with E-state index in [0.717, 1.165) is 0 Å². The van der Waals surface area contributed by atoms with Crippen molar-refractivity contribution in [1.29, 1.82) is 0 Å². The standard InChI is InChI=1S/C12H13Cl2NO2/c1-12(2)5-6(13)9-7(17-12)4-8(16-3)11(15)10(9)14/h4-5H,15H2,1-3H3. The molecule has 0 saturated carbocycles. The van der Waals surface area contributed by atoms with Crippen molar-refractivity contribution in [2.75, 3.05) is 12.8 Å². The van der Waals surface area contributed by atoms with Gasteiger partial charge in [-0.1, -0.05) is 23.2 Å². The maximum absolute atomic E-state index is 6.20. The molecule has 3 nitrogen and oxygen atoms in total. The van der Waals surface area contributed by atoms with Crippen LogP contribution in [0.5, 0.6) is 11.5 Å². The summed E-state index contributed by atoms with van der Waals surface area (Å²) >= 11 is 12.4. The number of anilines is 1. The van der Waals surface area contributed by atoms with Crippen molar-refractivity contribution in [3.63, 3.8) is 0 Å². The summed E-state index contributed by atoms with van der Waals surface area (Å²) in [5.74, 6) is 1.06. The number of nitrogen functional groups attached to an aromatic ring is 1. The first kappa shape index (κ1) is 12.4. The lowest BCUT2D eigenvalue weighted by Gasteiger charge is -2.30. The second-order valence-corrected chi connectivity index (χ2v) is 5.16. The normalized spacial score (nSPS) is 16.9. The molecule has 2 rings (SSSR count). The van der Waals surface area contributed by atoms with E-state index in [1.165, 1.54) is 7.11 Å². The van der Waals surface area contributed by atoms with Crippen LogP contribution in [0, 0.1) is 0 Å². The highest BCUT2D eigenvalue weighted by molar-refractivity contribution is 6.51. The Hall–Kier alpha value is -1.06. The van der Waals surface area contributed by atoms with Gasteiger partial charge in [-0.15, -0.1) is 0 Å². The molecule has 1 aliphatic heterocycles. The average Bonchev–Trinajstić information content (AvgIpc) is 2.20. The zero-order valence-corrected chi connectivity index (χ0v) is 11.3. The maximum atomic E-state index is 6.20. The first-order valence-electron chi connectivity index (χ1n) is 5.09. The van der Waals surface area contributed by atoms with Crippen LogP contribution in [-0.2, 0) is 0 Å². The average molecular weight is 274 g/mol. The molecule has 0 saturated heterocycles. The molecule has 0 radical (unpaired) electrons. The minimum atomic E-state index is -0.478. The Labute approximate surface area is 110 Å². The lowest BCUT2D eigenvalue weighted by molar-refractivity contribution is 0.158. The number of hydrogen-bond acceptors (Lipinski definition) is 3. The summed E-state index contributed by atoms with van der Waals surface area (Å²) in [6.45, 7) is 3.82. The Morgan fingerprint density at radius 2 is 2.00 bits per heavy atom. The molecule has 0 aromatic heterocycles. The van der Waals surface area contributed by atoms with Crippen LogP contribution in [-0.4, -0.2) is 12.7 Å². The van der Waals surface area contributed by atoms with Gasteiger partial charge >= 0.3 is 0 Å². The summed E-state index contributed by atoms with van der Waals surface area (Å²) in [7, 11) is 1.53. The van der Waals surface area contributed by atoms with E-state index in [-0.39, 0.29) is 0 Å². The van der Waals surface area contributed by atoms with Gasteiger partial charge in [0.15, 0.2) is 0 Å². The molecule has 0 spiro atoms. The number of rotatable bonds is 1. The molecule has 0 fully saturated rings. The third kappa shape index (κ3) is 2.05. The molecule has 17 heavy (non-hydrogen) atoms. The van der Waals surface area contributed by atoms with Gasteiger partial charge in [-0.3, -0.25) is 0 Å². The van der Waals surface area contributed by atoms with E-state index in [1.807, 2.05) is 13.8 Å². The number of methoxy groups -OCH3 is 1. The summed E-state index contributed by atoms with van der Waals surface area (Å²) in [6, 6.07) is 1.70. The number of benzene rings is 1. The van der Waals surface area contributed by atoms with Crippen molar-refractivity contribution < 1.29 is 9.47 Å². The highest BCUT2D eigenvalue weighted by Gasteiger charge is 2.29. The van der Waals surface area contributed by atoms with Gasteiger partial charge in [-0.25, -0.2) is 0 Å². The summed E-state index contributed by atoms with van der Waals surface area (Å²) < 4.78 is 10.9. The fraction of sp³-hybridized carbons (Fsp3) is 0.333. The molecule has 1 heterocycles. The fourth-order valence-electron chi connectivity index (χ4n) is 1.78. The molecule has 1 aromatic carbocycles. The second-order valence-electron chi connectivity index (χ2n) is 4.38. The summed E-state index contributed by atoms with van der Waals surface area (Å²) in [6.07, 6.45) is 1.80. The molecule has 5 heteroatoms. The second kappa shape index (κ2) is 4.00. The number of halogens is 2. The Morgan fingerprint density at radius 1 is 1.35 bits per heavy atom. The molecule has 0 unspecified atom stereocenters. The SMILES string of the molecule is COc1cc2c(c(Cl)c1N)C(Cl)=CC(C)(C)O2. The van der Waals surface area contributed by atoms with Gasteiger partial charge in [0.1, 0.15) is 17.1 Å². The van der Waals surface area contributed by atoms with Crippen molar-refractivity contribution in [3.05, 3.63) is 22.7 Å². The minimum absolute atomic E-state index is 0.358. The number of hydrogen-bond donors (Lipinski definition) is 1. The Balaban J connectivity index is 2.69. The molecule has 0 bridgehead atoms. The number of fused-ring (bicyclic) bond motifs is 1. The van der Waals surface area contributed by atoms with Gasteiger partial charge in [0, 0.05) is 6.07 Å². The van der Waals surface area contributed by atoms with Crippen molar-refractivity contribution in [1.82, 2.24) is 0 Å². The Morgan fingerprint density at radius 3 is 2.59 bits per heavy atom. The third-order valence-corrected chi connectivity index (χ3v) is 3.23. The van der Waals surface area contributed by atoms with Gasteiger partial charge in [-0.05, 0) is 19.9 Å². The quantitative estimate of drug-likeness (QED) is 0.794. The topological polar surface area (TPSA) is 44.5 Å². The lowest BCUT2D eigenvalue weighted by Crippen LogP contribution is -2.28. The van der Waals surface area contributed by atoms with Crippen molar-refractivity contribution in [3.8, 4) is 11.5 Å². The van der Waals surface area contributed by atoms with Crippen LogP contribution < -0.4 is 15.2 Å². The lowest BCUT2D eigenvalue weighted by atomic mass is 10.0. The molecule has 0 amide bonds. The first-order chi connectivity index (χ1) is 7.85. The van der Waals surface area contributed by atoms with Gasteiger partial charge in [-0.2, -0.15) is 0 Å². The molecule has 1 aliphatic rings. The summed E-state index contributed by atoms with van der Waals surface area (Å²) in [4.78, 5) is 0. The van der Waals surface area contributed by atoms with Crippen LogP contribution in [0.15, 0.2) is 12.1 Å². The highest BCUT2D eigenvalue weighted by atomic mass is 35.5.